The Morgan fingerprint density at radius 3 is 2.70 bits per heavy atom. The number of benzene rings is 1. The molecule has 8 nitrogen and oxygen atoms in total. The zero-order chi connectivity index (χ0) is 22.9. The highest BCUT2D eigenvalue weighted by molar-refractivity contribution is 7.99. The molecular formula is C24H23N5O3S. The fraction of sp³-hybridized carbons (Fsp3) is 0.250. The van der Waals surface area contributed by atoms with E-state index in [1.807, 2.05) is 61.9 Å². The minimum absolute atomic E-state index is 0.0443. The van der Waals surface area contributed by atoms with Gasteiger partial charge in [-0.15, -0.1) is 10.2 Å². The molecule has 0 radical (unpaired) electrons. The first kappa shape index (κ1) is 21.3. The first-order chi connectivity index (χ1) is 16.0. The number of pyridine rings is 1. The molecule has 5 rings (SSSR count). The normalized spacial score (nSPS) is 12.7. The van der Waals surface area contributed by atoms with Crippen molar-refractivity contribution in [1.82, 2.24) is 24.3 Å². The van der Waals surface area contributed by atoms with Crippen molar-refractivity contribution >= 4 is 17.5 Å². The molecule has 1 aliphatic heterocycles. The number of rotatable bonds is 6. The Kier molecular flexibility index (Phi) is 5.63. The Hall–Kier alpha value is -3.59. The minimum Gasteiger partial charge on any atom is -0.486 e. The number of fused-ring (bicyclic) bond motifs is 1. The van der Waals surface area contributed by atoms with Crippen LogP contribution in [0.4, 0.5) is 0 Å². The smallest absolute Gasteiger partial charge is 0.191 e. The number of hydrogen-bond acceptors (Lipinski definition) is 7. The lowest BCUT2D eigenvalue weighted by Gasteiger charge is -2.20. The van der Waals surface area contributed by atoms with E-state index >= 15 is 0 Å². The number of ether oxygens (including phenoxy) is 2. The summed E-state index contributed by atoms with van der Waals surface area (Å²) in [6.45, 7) is 5.05. The summed E-state index contributed by atoms with van der Waals surface area (Å²) in [5, 5.41) is 9.20. The predicted molar refractivity (Wildman–Crippen MR) is 126 cm³/mol. The molecule has 4 heterocycles. The molecule has 1 aromatic carbocycles. The highest BCUT2D eigenvalue weighted by Gasteiger charge is 2.20. The molecule has 168 valence electrons. The van der Waals surface area contributed by atoms with E-state index in [-0.39, 0.29) is 11.5 Å². The van der Waals surface area contributed by atoms with Crippen molar-refractivity contribution in [2.75, 3.05) is 19.0 Å². The summed E-state index contributed by atoms with van der Waals surface area (Å²) in [5.41, 5.74) is 4.40. The second-order valence-electron chi connectivity index (χ2n) is 7.77. The maximum atomic E-state index is 13.1. The van der Waals surface area contributed by atoms with Crippen molar-refractivity contribution in [3.63, 3.8) is 0 Å². The van der Waals surface area contributed by atoms with Crippen molar-refractivity contribution in [1.29, 1.82) is 0 Å². The van der Waals surface area contributed by atoms with Gasteiger partial charge in [-0.3, -0.25) is 9.78 Å². The molecule has 0 fully saturated rings. The fourth-order valence-corrected chi connectivity index (χ4v) is 4.80. The van der Waals surface area contributed by atoms with Crippen LogP contribution in [0.2, 0.25) is 0 Å². The number of carbonyl (C=O) groups excluding carboxylic acids is 1. The second-order valence-corrected chi connectivity index (χ2v) is 8.71. The Balaban J connectivity index is 1.35. The highest BCUT2D eigenvalue weighted by Crippen LogP contribution is 2.34. The second kappa shape index (κ2) is 8.74. The summed E-state index contributed by atoms with van der Waals surface area (Å²) in [7, 11) is 1.89. The number of ketones is 1. The van der Waals surface area contributed by atoms with Gasteiger partial charge in [0.1, 0.15) is 13.2 Å². The van der Waals surface area contributed by atoms with Crippen LogP contribution in [0.5, 0.6) is 11.5 Å². The van der Waals surface area contributed by atoms with Crippen molar-refractivity contribution in [2.24, 2.45) is 7.05 Å². The number of nitrogens with zero attached hydrogens (tertiary/aromatic N) is 5. The number of hydrogen-bond donors (Lipinski definition) is 0. The molecule has 33 heavy (non-hydrogen) atoms. The summed E-state index contributed by atoms with van der Waals surface area (Å²) in [6.07, 6.45) is 3.46. The predicted octanol–water partition coefficient (Wildman–Crippen LogP) is 4.03. The molecule has 0 saturated heterocycles. The lowest BCUT2D eigenvalue weighted by atomic mass is 10.2. The van der Waals surface area contributed by atoms with Gasteiger partial charge in [-0.1, -0.05) is 11.8 Å². The number of Topliss-reactive ketones (excluding diaryl/α,β-unsaturated/α-hetero) is 1. The van der Waals surface area contributed by atoms with Crippen LogP contribution >= 0.6 is 11.8 Å². The summed E-state index contributed by atoms with van der Waals surface area (Å²) in [5.74, 6) is 2.50. The molecule has 0 unspecified atom stereocenters. The molecule has 0 amide bonds. The van der Waals surface area contributed by atoms with E-state index in [0.29, 0.717) is 23.9 Å². The van der Waals surface area contributed by atoms with Gasteiger partial charge in [-0.25, -0.2) is 0 Å². The largest absolute Gasteiger partial charge is 0.486 e. The Morgan fingerprint density at radius 1 is 1.09 bits per heavy atom. The molecule has 9 heteroatoms. The lowest BCUT2D eigenvalue weighted by Crippen LogP contribution is -2.15. The summed E-state index contributed by atoms with van der Waals surface area (Å²) in [4.78, 5) is 17.2. The average molecular weight is 462 g/mol. The average Bonchev–Trinajstić information content (AvgIpc) is 3.36. The van der Waals surface area contributed by atoms with Gasteiger partial charge >= 0.3 is 0 Å². The first-order valence-corrected chi connectivity index (χ1v) is 11.6. The van der Waals surface area contributed by atoms with Crippen LogP contribution < -0.4 is 9.47 Å². The van der Waals surface area contributed by atoms with E-state index in [2.05, 4.69) is 19.7 Å². The van der Waals surface area contributed by atoms with Crippen molar-refractivity contribution < 1.29 is 14.3 Å². The number of thioether (sulfide) groups is 1. The molecule has 0 N–H and O–H groups in total. The molecule has 0 spiro atoms. The summed E-state index contributed by atoms with van der Waals surface area (Å²) in [6, 6.07) is 11.6. The third-order valence-corrected chi connectivity index (χ3v) is 6.62. The summed E-state index contributed by atoms with van der Waals surface area (Å²) >= 11 is 1.38. The Morgan fingerprint density at radius 2 is 1.91 bits per heavy atom. The highest BCUT2D eigenvalue weighted by atomic mass is 32.2. The van der Waals surface area contributed by atoms with Crippen molar-refractivity contribution in [3.05, 3.63) is 65.7 Å². The van der Waals surface area contributed by atoms with Crippen LogP contribution in [-0.2, 0) is 7.05 Å². The van der Waals surface area contributed by atoms with Crippen LogP contribution in [0.3, 0.4) is 0 Å². The molecular weight excluding hydrogens is 438 g/mol. The van der Waals surface area contributed by atoms with Crippen molar-refractivity contribution in [2.45, 2.75) is 19.0 Å². The maximum absolute atomic E-state index is 13.1. The fourth-order valence-electron chi connectivity index (χ4n) is 4.01. The topological polar surface area (TPSA) is 84.1 Å². The van der Waals surface area contributed by atoms with E-state index in [1.165, 1.54) is 11.8 Å². The van der Waals surface area contributed by atoms with Gasteiger partial charge in [0.15, 0.2) is 28.3 Å². The maximum Gasteiger partial charge on any atom is 0.191 e. The number of aromatic nitrogens is 5. The quantitative estimate of drug-likeness (QED) is 0.317. The van der Waals surface area contributed by atoms with E-state index in [0.717, 1.165) is 40.0 Å². The van der Waals surface area contributed by atoms with E-state index in [9.17, 15) is 4.79 Å². The number of carbonyl (C=O) groups is 1. The SMILES string of the molecule is Cc1cc(C(=O)CSc2nnc(-c3cccnc3)n2C)c(C)n1-c1ccc2c(c1)OCCO2. The minimum atomic E-state index is 0.0443. The zero-order valence-corrected chi connectivity index (χ0v) is 19.4. The third-order valence-electron chi connectivity index (χ3n) is 5.60. The van der Waals surface area contributed by atoms with Gasteiger partial charge in [0.25, 0.3) is 0 Å². The molecule has 0 saturated carbocycles. The lowest BCUT2D eigenvalue weighted by molar-refractivity contribution is 0.102. The van der Waals surface area contributed by atoms with Crippen molar-refractivity contribution in [3.8, 4) is 28.6 Å². The molecule has 4 aromatic rings. The molecule has 1 aliphatic rings. The standard InChI is InChI=1S/C24H23N5O3S/c1-15-11-19(16(2)29(15)18-6-7-21-22(12-18)32-10-9-31-21)20(30)14-33-24-27-26-23(28(24)3)17-5-4-8-25-13-17/h4-8,11-13H,9-10,14H2,1-3H3. The Labute approximate surface area is 195 Å². The third kappa shape index (κ3) is 4.00. The molecule has 0 aliphatic carbocycles. The summed E-state index contributed by atoms with van der Waals surface area (Å²) < 4.78 is 15.3. The Bertz CT molecular complexity index is 1330. The van der Waals surface area contributed by atoms with Gasteiger partial charge in [-0.2, -0.15) is 0 Å². The van der Waals surface area contributed by atoms with Gasteiger partial charge < -0.3 is 18.6 Å². The van der Waals surface area contributed by atoms with Gasteiger partial charge in [0.05, 0.1) is 5.75 Å². The first-order valence-electron chi connectivity index (χ1n) is 10.6. The van der Waals surface area contributed by atoms with Gasteiger partial charge in [0.2, 0.25) is 0 Å². The van der Waals surface area contributed by atoms with Gasteiger partial charge in [-0.05, 0) is 44.2 Å². The van der Waals surface area contributed by atoms with E-state index < -0.39 is 0 Å². The van der Waals surface area contributed by atoms with Crippen LogP contribution in [0.25, 0.3) is 17.1 Å². The van der Waals surface area contributed by atoms with Gasteiger partial charge in [0, 0.05) is 53.7 Å². The van der Waals surface area contributed by atoms with Crippen LogP contribution in [0, 0.1) is 13.8 Å². The van der Waals surface area contributed by atoms with E-state index in [4.69, 9.17) is 9.47 Å². The molecule has 0 atom stereocenters. The monoisotopic (exact) mass is 461 g/mol. The molecule has 0 bridgehead atoms. The van der Waals surface area contributed by atoms with E-state index in [1.54, 1.807) is 12.4 Å². The van der Waals surface area contributed by atoms with Crippen LogP contribution in [-0.4, -0.2) is 49.1 Å². The molecule has 3 aromatic heterocycles. The number of aryl methyl sites for hydroxylation is 1. The van der Waals surface area contributed by atoms with Crippen LogP contribution in [0.15, 0.2) is 53.9 Å². The van der Waals surface area contributed by atoms with Crippen LogP contribution in [0.1, 0.15) is 21.7 Å². The zero-order valence-electron chi connectivity index (χ0n) is 18.6.